The minimum atomic E-state index is -0.189. The maximum absolute atomic E-state index is 12.1. The van der Waals surface area contributed by atoms with Crippen LogP contribution in [0.2, 0.25) is 0 Å². The summed E-state index contributed by atoms with van der Waals surface area (Å²) in [6.07, 6.45) is 5.29. The number of hydrogen-bond donors (Lipinski definition) is 0. The molecule has 21 heavy (non-hydrogen) atoms. The molecule has 0 bridgehead atoms. The van der Waals surface area contributed by atoms with E-state index in [9.17, 15) is 4.79 Å². The lowest BCUT2D eigenvalue weighted by atomic mass is 9.99. The zero-order valence-electron chi connectivity index (χ0n) is 12.3. The molecule has 4 heteroatoms. The first-order valence-electron chi connectivity index (χ1n) is 7.64. The molecule has 1 aromatic carbocycles. The third-order valence-corrected chi connectivity index (χ3v) is 4.20. The van der Waals surface area contributed by atoms with Crippen LogP contribution in [-0.2, 0) is 11.2 Å². The maximum atomic E-state index is 12.1. The molecule has 1 aliphatic carbocycles. The van der Waals surface area contributed by atoms with E-state index in [0.29, 0.717) is 24.6 Å². The van der Waals surface area contributed by atoms with E-state index in [2.05, 4.69) is 29.2 Å². The van der Waals surface area contributed by atoms with Gasteiger partial charge in [-0.15, -0.1) is 0 Å². The van der Waals surface area contributed by atoms with Crippen LogP contribution in [0.5, 0.6) is 0 Å². The summed E-state index contributed by atoms with van der Waals surface area (Å²) in [5.74, 6) is 1.23. The molecule has 3 rings (SSSR count). The van der Waals surface area contributed by atoms with Crippen LogP contribution in [0.15, 0.2) is 28.8 Å². The Morgan fingerprint density at radius 3 is 2.95 bits per heavy atom. The second-order valence-electron chi connectivity index (χ2n) is 5.77. The molecule has 1 aromatic heterocycles. The highest BCUT2D eigenvalue weighted by atomic mass is 16.5. The van der Waals surface area contributed by atoms with Crippen molar-refractivity contribution >= 4 is 5.78 Å². The zero-order chi connectivity index (χ0) is 14.7. The summed E-state index contributed by atoms with van der Waals surface area (Å²) < 4.78 is 5.36. The standard InChI is InChI=1S/C17H20N2O2/c1-12-7-5-6-8-13(12)11-16-18-17(21-19-16)14-9-3-2-4-10-15(14)20/h5-8,14H,2-4,9-11H2,1H3. The molecule has 0 saturated heterocycles. The Balaban J connectivity index is 1.77. The Morgan fingerprint density at radius 2 is 2.10 bits per heavy atom. The molecule has 110 valence electrons. The van der Waals surface area contributed by atoms with Crippen LogP contribution < -0.4 is 0 Å². The molecule has 1 aliphatic rings. The third-order valence-electron chi connectivity index (χ3n) is 4.20. The summed E-state index contributed by atoms with van der Waals surface area (Å²) >= 11 is 0. The van der Waals surface area contributed by atoms with Crippen LogP contribution >= 0.6 is 0 Å². The molecule has 0 amide bonds. The van der Waals surface area contributed by atoms with Crippen molar-refractivity contribution in [2.45, 2.75) is 51.4 Å². The molecule has 1 fully saturated rings. The first kappa shape index (κ1) is 14.0. The van der Waals surface area contributed by atoms with Crippen molar-refractivity contribution in [2.24, 2.45) is 0 Å². The summed E-state index contributed by atoms with van der Waals surface area (Å²) in [5.41, 5.74) is 2.41. The molecular formula is C17H20N2O2. The fraction of sp³-hybridized carbons (Fsp3) is 0.471. The van der Waals surface area contributed by atoms with Gasteiger partial charge in [0.15, 0.2) is 5.82 Å². The summed E-state index contributed by atoms with van der Waals surface area (Å²) in [5, 5.41) is 4.05. The van der Waals surface area contributed by atoms with E-state index in [1.54, 1.807) is 0 Å². The fourth-order valence-corrected chi connectivity index (χ4v) is 2.88. The zero-order valence-corrected chi connectivity index (χ0v) is 12.3. The average molecular weight is 284 g/mol. The third kappa shape index (κ3) is 3.20. The molecule has 0 radical (unpaired) electrons. The fourth-order valence-electron chi connectivity index (χ4n) is 2.88. The van der Waals surface area contributed by atoms with Crippen molar-refractivity contribution in [1.82, 2.24) is 10.1 Å². The number of carbonyl (C=O) groups is 1. The lowest BCUT2D eigenvalue weighted by molar-refractivity contribution is -0.120. The molecule has 4 nitrogen and oxygen atoms in total. The van der Waals surface area contributed by atoms with Crippen LogP contribution in [-0.4, -0.2) is 15.9 Å². The van der Waals surface area contributed by atoms with Gasteiger partial charge < -0.3 is 4.52 Å². The molecule has 1 unspecified atom stereocenters. The molecule has 2 aromatic rings. The van der Waals surface area contributed by atoms with E-state index < -0.39 is 0 Å². The molecule has 0 spiro atoms. The van der Waals surface area contributed by atoms with Gasteiger partial charge in [-0.2, -0.15) is 4.98 Å². The van der Waals surface area contributed by atoms with Crippen molar-refractivity contribution in [3.8, 4) is 0 Å². The van der Waals surface area contributed by atoms with Crippen LogP contribution in [0.1, 0.15) is 60.9 Å². The lowest BCUT2D eigenvalue weighted by Gasteiger charge is -2.06. The monoisotopic (exact) mass is 284 g/mol. The van der Waals surface area contributed by atoms with Gasteiger partial charge in [0, 0.05) is 12.8 Å². The quantitative estimate of drug-likeness (QED) is 0.808. The van der Waals surface area contributed by atoms with E-state index in [-0.39, 0.29) is 11.7 Å². The van der Waals surface area contributed by atoms with Crippen LogP contribution in [0.25, 0.3) is 0 Å². The van der Waals surface area contributed by atoms with E-state index in [4.69, 9.17) is 4.52 Å². The summed E-state index contributed by atoms with van der Waals surface area (Å²) in [7, 11) is 0. The van der Waals surface area contributed by atoms with Gasteiger partial charge in [-0.3, -0.25) is 4.79 Å². The SMILES string of the molecule is Cc1ccccc1Cc1noc(C2CCCCCC2=O)n1. The predicted molar refractivity (Wildman–Crippen MR) is 79.1 cm³/mol. The van der Waals surface area contributed by atoms with Gasteiger partial charge in [-0.25, -0.2) is 0 Å². The van der Waals surface area contributed by atoms with Gasteiger partial charge in [-0.1, -0.05) is 42.3 Å². The molecule has 0 N–H and O–H groups in total. The Hall–Kier alpha value is -1.97. The average Bonchev–Trinajstić information content (AvgIpc) is 2.82. The molecular weight excluding hydrogens is 264 g/mol. The Morgan fingerprint density at radius 1 is 1.24 bits per heavy atom. The number of Topliss-reactive ketones (excluding diaryl/α,β-unsaturated/α-hetero) is 1. The largest absolute Gasteiger partial charge is 0.339 e. The van der Waals surface area contributed by atoms with Crippen molar-refractivity contribution in [1.29, 1.82) is 0 Å². The molecule has 1 heterocycles. The lowest BCUT2D eigenvalue weighted by Crippen LogP contribution is -2.11. The van der Waals surface area contributed by atoms with E-state index >= 15 is 0 Å². The highest BCUT2D eigenvalue weighted by Crippen LogP contribution is 2.28. The van der Waals surface area contributed by atoms with Gasteiger partial charge in [0.1, 0.15) is 5.78 Å². The number of hydrogen-bond acceptors (Lipinski definition) is 4. The van der Waals surface area contributed by atoms with Crippen molar-refractivity contribution in [3.05, 3.63) is 47.1 Å². The number of nitrogens with zero attached hydrogens (tertiary/aromatic N) is 2. The van der Waals surface area contributed by atoms with Crippen molar-refractivity contribution in [3.63, 3.8) is 0 Å². The summed E-state index contributed by atoms with van der Waals surface area (Å²) in [4.78, 5) is 16.6. The molecule has 1 atom stereocenters. The van der Waals surface area contributed by atoms with Gasteiger partial charge >= 0.3 is 0 Å². The van der Waals surface area contributed by atoms with Crippen molar-refractivity contribution < 1.29 is 9.32 Å². The molecule has 0 aliphatic heterocycles. The number of benzene rings is 1. The second-order valence-corrected chi connectivity index (χ2v) is 5.77. The highest BCUT2D eigenvalue weighted by Gasteiger charge is 2.27. The predicted octanol–water partition coefficient (Wildman–Crippen LogP) is 3.59. The summed E-state index contributed by atoms with van der Waals surface area (Å²) in [6.45, 7) is 2.07. The molecule has 1 saturated carbocycles. The second kappa shape index (κ2) is 6.20. The van der Waals surface area contributed by atoms with Crippen LogP contribution in [0.4, 0.5) is 0 Å². The first-order chi connectivity index (χ1) is 10.2. The normalized spacial score (nSPS) is 19.5. The van der Waals surface area contributed by atoms with Crippen LogP contribution in [0.3, 0.4) is 0 Å². The number of aryl methyl sites for hydroxylation is 1. The van der Waals surface area contributed by atoms with Crippen LogP contribution in [0, 0.1) is 6.92 Å². The summed E-state index contributed by atoms with van der Waals surface area (Å²) in [6, 6.07) is 8.18. The topological polar surface area (TPSA) is 56.0 Å². The van der Waals surface area contributed by atoms with Gasteiger partial charge in [-0.05, 0) is 30.9 Å². The van der Waals surface area contributed by atoms with Gasteiger partial charge in [0.05, 0.1) is 5.92 Å². The van der Waals surface area contributed by atoms with E-state index in [1.807, 2.05) is 12.1 Å². The highest BCUT2D eigenvalue weighted by molar-refractivity contribution is 5.84. The minimum Gasteiger partial charge on any atom is -0.339 e. The van der Waals surface area contributed by atoms with Gasteiger partial charge in [0.25, 0.3) is 0 Å². The van der Waals surface area contributed by atoms with E-state index in [1.165, 1.54) is 11.1 Å². The Kier molecular flexibility index (Phi) is 4.13. The van der Waals surface area contributed by atoms with Gasteiger partial charge in [0.2, 0.25) is 5.89 Å². The first-order valence-corrected chi connectivity index (χ1v) is 7.64. The van der Waals surface area contributed by atoms with E-state index in [0.717, 1.165) is 25.7 Å². The number of aromatic nitrogens is 2. The Labute approximate surface area is 124 Å². The minimum absolute atomic E-state index is 0.189. The number of carbonyl (C=O) groups excluding carboxylic acids is 1. The van der Waals surface area contributed by atoms with Crippen molar-refractivity contribution in [2.75, 3.05) is 0 Å². The Bertz CT molecular complexity index is 633. The number of rotatable bonds is 3. The smallest absolute Gasteiger partial charge is 0.237 e. The maximum Gasteiger partial charge on any atom is 0.237 e. The number of ketones is 1.